The van der Waals surface area contributed by atoms with Crippen molar-refractivity contribution in [2.45, 2.75) is 26.3 Å². The van der Waals surface area contributed by atoms with Crippen molar-refractivity contribution in [1.29, 1.82) is 0 Å². The quantitative estimate of drug-likeness (QED) is 0.705. The van der Waals surface area contributed by atoms with Gasteiger partial charge in [0.2, 0.25) is 11.8 Å². The Morgan fingerprint density at radius 3 is 2.33 bits per heavy atom. The largest absolute Gasteiger partial charge is 0.339 e. The maximum absolute atomic E-state index is 12.5. The first kappa shape index (κ1) is 22.0. The summed E-state index contributed by atoms with van der Waals surface area (Å²) in [7, 11) is 0. The van der Waals surface area contributed by atoms with Crippen molar-refractivity contribution in [3.63, 3.8) is 0 Å². The Labute approximate surface area is 179 Å². The minimum Gasteiger partial charge on any atom is -0.339 e. The van der Waals surface area contributed by atoms with Crippen LogP contribution in [0.15, 0.2) is 54.6 Å². The van der Waals surface area contributed by atoms with Gasteiger partial charge in [0.1, 0.15) is 0 Å². The molecule has 2 N–H and O–H groups in total. The van der Waals surface area contributed by atoms with Crippen molar-refractivity contribution >= 4 is 17.5 Å². The molecule has 1 aliphatic rings. The van der Waals surface area contributed by atoms with Crippen molar-refractivity contribution in [2.75, 3.05) is 44.6 Å². The van der Waals surface area contributed by atoms with Gasteiger partial charge in [-0.25, -0.2) is 0 Å². The van der Waals surface area contributed by atoms with E-state index < -0.39 is 0 Å². The van der Waals surface area contributed by atoms with Crippen LogP contribution in [0.5, 0.6) is 0 Å². The first-order chi connectivity index (χ1) is 14.6. The van der Waals surface area contributed by atoms with Gasteiger partial charge >= 0.3 is 0 Å². The van der Waals surface area contributed by atoms with Crippen LogP contribution in [-0.4, -0.2) is 60.9 Å². The normalized spacial score (nSPS) is 15.6. The second-order valence-electron chi connectivity index (χ2n) is 7.73. The third-order valence-corrected chi connectivity index (χ3v) is 5.62. The van der Waals surface area contributed by atoms with E-state index in [0.717, 1.165) is 17.7 Å². The number of nitrogens with zero attached hydrogens (tertiary/aromatic N) is 2. The summed E-state index contributed by atoms with van der Waals surface area (Å²) in [6, 6.07) is 18.2. The molecule has 6 nitrogen and oxygen atoms in total. The van der Waals surface area contributed by atoms with Gasteiger partial charge in [-0.05, 0) is 30.5 Å². The summed E-state index contributed by atoms with van der Waals surface area (Å²) in [5.41, 5.74) is 3.20. The van der Waals surface area contributed by atoms with Gasteiger partial charge in [-0.1, -0.05) is 55.5 Å². The van der Waals surface area contributed by atoms with Gasteiger partial charge in [0.25, 0.3) is 0 Å². The second kappa shape index (κ2) is 10.9. The van der Waals surface area contributed by atoms with E-state index in [1.807, 2.05) is 47.4 Å². The fraction of sp³-hybridized carbons (Fsp3) is 0.417. The number of nitrogens with one attached hydrogen (secondary N) is 2. The number of rotatable bonds is 8. The molecule has 2 amide bonds. The fourth-order valence-corrected chi connectivity index (χ4v) is 3.71. The van der Waals surface area contributed by atoms with Crippen LogP contribution in [0.1, 0.15) is 31.0 Å². The number of benzene rings is 2. The number of aryl methyl sites for hydroxylation is 1. The molecule has 0 saturated carbocycles. The molecule has 2 aromatic rings. The molecule has 3 rings (SSSR count). The molecule has 160 valence electrons. The van der Waals surface area contributed by atoms with E-state index in [1.54, 1.807) is 0 Å². The lowest BCUT2D eigenvalue weighted by atomic mass is 10.1. The molecule has 1 heterocycles. The Balaban J connectivity index is 1.40. The molecule has 1 saturated heterocycles. The lowest BCUT2D eigenvalue weighted by Crippen LogP contribution is -2.52. The Kier molecular flexibility index (Phi) is 7.99. The Bertz CT molecular complexity index is 832. The number of anilines is 1. The summed E-state index contributed by atoms with van der Waals surface area (Å²) in [5, 5.41) is 6.33. The van der Waals surface area contributed by atoms with Gasteiger partial charge in [0.05, 0.1) is 13.1 Å². The average Bonchev–Trinajstić information content (AvgIpc) is 2.78. The highest BCUT2D eigenvalue weighted by Crippen LogP contribution is 2.15. The fourth-order valence-electron chi connectivity index (χ4n) is 3.71. The maximum atomic E-state index is 12.5. The predicted molar refractivity (Wildman–Crippen MR) is 120 cm³/mol. The molecular weight excluding hydrogens is 376 g/mol. The van der Waals surface area contributed by atoms with E-state index in [2.05, 4.69) is 41.5 Å². The standard InChI is InChI=1S/C24H32N4O2/c1-3-20-9-7-8-12-22(20)26-23(29)18-27-13-15-28(16-14-27)24(30)17-25-19(2)21-10-5-4-6-11-21/h4-12,19,25H,3,13-18H2,1-2H3,(H,26,29)/t19-/m1/s1. The number of piperazine rings is 1. The molecule has 2 aromatic carbocycles. The van der Waals surface area contributed by atoms with Crippen molar-refractivity contribution in [3.05, 3.63) is 65.7 Å². The average molecular weight is 409 g/mol. The zero-order valence-corrected chi connectivity index (χ0v) is 17.9. The number of para-hydroxylation sites is 1. The van der Waals surface area contributed by atoms with Gasteiger partial charge in [-0.2, -0.15) is 0 Å². The van der Waals surface area contributed by atoms with Crippen molar-refractivity contribution < 1.29 is 9.59 Å². The summed E-state index contributed by atoms with van der Waals surface area (Å²) in [6.07, 6.45) is 0.883. The molecule has 6 heteroatoms. The van der Waals surface area contributed by atoms with Crippen LogP contribution in [0.2, 0.25) is 0 Å². The SMILES string of the molecule is CCc1ccccc1NC(=O)CN1CCN(C(=O)CN[C@H](C)c2ccccc2)CC1. The number of hydrogen-bond acceptors (Lipinski definition) is 4. The number of hydrogen-bond donors (Lipinski definition) is 2. The molecule has 1 aliphatic heterocycles. The first-order valence-electron chi connectivity index (χ1n) is 10.7. The smallest absolute Gasteiger partial charge is 0.238 e. The summed E-state index contributed by atoms with van der Waals surface area (Å²) in [4.78, 5) is 29.0. The molecule has 1 fully saturated rings. The predicted octanol–water partition coefficient (Wildman–Crippen LogP) is 2.68. The van der Waals surface area contributed by atoms with E-state index >= 15 is 0 Å². The highest BCUT2D eigenvalue weighted by atomic mass is 16.2. The van der Waals surface area contributed by atoms with Crippen molar-refractivity contribution in [3.8, 4) is 0 Å². The lowest BCUT2D eigenvalue weighted by molar-refractivity contribution is -0.132. The van der Waals surface area contributed by atoms with Crippen LogP contribution < -0.4 is 10.6 Å². The number of amides is 2. The number of carbonyl (C=O) groups excluding carboxylic acids is 2. The van der Waals surface area contributed by atoms with E-state index in [1.165, 1.54) is 5.56 Å². The molecular formula is C24H32N4O2. The first-order valence-corrected chi connectivity index (χ1v) is 10.7. The molecule has 1 atom stereocenters. The topological polar surface area (TPSA) is 64.7 Å². The van der Waals surface area contributed by atoms with E-state index in [0.29, 0.717) is 39.3 Å². The zero-order chi connectivity index (χ0) is 21.3. The minimum absolute atomic E-state index is 0.00553. The molecule has 0 aliphatic carbocycles. The molecule has 30 heavy (non-hydrogen) atoms. The van der Waals surface area contributed by atoms with Crippen LogP contribution in [0.25, 0.3) is 0 Å². The highest BCUT2D eigenvalue weighted by molar-refractivity contribution is 5.93. The van der Waals surface area contributed by atoms with Crippen LogP contribution in [0.3, 0.4) is 0 Å². The Hall–Kier alpha value is -2.70. The second-order valence-corrected chi connectivity index (χ2v) is 7.73. The molecule has 0 bridgehead atoms. The summed E-state index contributed by atoms with van der Waals surface area (Å²) in [5.74, 6) is 0.104. The van der Waals surface area contributed by atoms with Crippen LogP contribution >= 0.6 is 0 Å². The lowest BCUT2D eigenvalue weighted by Gasteiger charge is -2.34. The van der Waals surface area contributed by atoms with Gasteiger partial charge < -0.3 is 15.5 Å². The zero-order valence-electron chi connectivity index (χ0n) is 17.9. The Morgan fingerprint density at radius 1 is 0.967 bits per heavy atom. The molecule has 0 aromatic heterocycles. The molecule has 0 radical (unpaired) electrons. The van der Waals surface area contributed by atoms with Crippen molar-refractivity contribution in [2.24, 2.45) is 0 Å². The van der Waals surface area contributed by atoms with Gasteiger partial charge in [0, 0.05) is 37.9 Å². The van der Waals surface area contributed by atoms with Crippen molar-refractivity contribution in [1.82, 2.24) is 15.1 Å². The van der Waals surface area contributed by atoms with E-state index in [4.69, 9.17) is 0 Å². The van der Waals surface area contributed by atoms with Gasteiger partial charge in [0.15, 0.2) is 0 Å². The van der Waals surface area contributed by atoms with Crippen LogP contribution in [0, 0.1) is 0 Å². The van der Waals surface area contributed by atoms with E-state index in [9.17, 15) is 9.59 Å². The number of carbonyl (C=O) groups is 2. The van der Waals surface area contributed by atoms with Gasteiger partial charge in [-0.15, -0.1) is 0 Å². The van der Waals surface area contributed by atoms with E-state index in [-0.39, 0.29) is 17.9 Å². The summed E-state index contributed by atoms with van der Waals surface area (Å²) >= 11 is 0. The highest BCUT2D eigenvalue weighted by Gasteiger charge is 2.22. The third kappa shape index (κ3) is 6.15. The minimum atomic E-state index is -0.00553. The van der Waals surface area contributed by atoms with Gasteiger partial charge in [-0.3, -0.25) is 14.5 Å². The monoisotopic (exact) mass is 408 g/mol. The maximum Gasteiger partial charge on any atom is 0.238 e. The molecule has 0 unspecified atom stereocenters. The molecule has 0 spiro atoms. The Morgan fingerprint density at radius 2 is 1.63 bits per heavy atom. The van der Waals surface area contributed by atoms with Crippen LogP contribution in [0.4, 0.5) is 5.69 Å². The third-order valence-electron chi connectivity index (χ3n) is 5.62. The summed E-state index contributed by atoms with van der Waals surface area (Å²) in [6.45, 7) is 7.55. The van der Waals surface area contributed by atoms with Crippen LogP contribution in [-0.2, 0) is 16.0 Å². The summed E-state index contributed by atoms with van der Waals surface area (Å²) < 4.78 is 0.